The van der Waals surface area contributed by atoms with Crippen LogP contribution in [-0.2, 0) is 9.59 Å². The van der Waals surface area contributed by atoms with Gasteiger partial charge in [-0.25, -0.2) is 4.98 Å². The van der Waals surface area contributed by atoms with Gasteiger partial charge in [0, 0.05) is 12.8 Å². The van der Waals surface area contributed by atoms with Crippen molar-refractivity contribution in [1.29, 1.82) is 0 Å². The summed E-state index contributed by atoms with van der Waals surface area (Å²) in [6.45, 7) is 2.42. The van der Waals surface area contributed by atoms with E-state index in [2.05, 4.69) is 15.6 Å². The predicted molar refractivity (Wildman–Crippen MR) is 79.3 cm³/mol. The van der Waals surface area contributed by atoms with Gasteiger partial charge in [-0.15, -0.1) is 0 Å². The Morgan fingerprint density at radius 1 is 1.10 bits per heavy atom. The molecule has 0 aliphatic rings. The average molecular weight is 278 g/mol. The zero-order valence-corrected chi connectivity index (χ0v) is 11.8. The van der Waals surface area contributed by atoms with Crippen molar-refractivity contribution >= 4 is 23.5 Å². The lowest BCUT2D eigenvalue weighted by molar-refractivity contribution is -0.116. The van der Waals surface area contributed by atoms with Crippen LogP contribution in [0.2, 0.25) is 0 Å². The third kappa shape index (κ3) is 6.29. The summed E-state index contributed by atoms with van der Waals surface area (Å²) in [5, 5.41) is 5.37. The van der Waals surface area contributed by atoms with E-state index in [4.69, 9.17) is 5.73 Å². The first-order valence-corrected chi connectivity index (χ1v) is 6.92. The van der Waals surface area contributed by atoms with E-state index in [0.29, 0.717) is 31.0 Å². The Morgan fingerprint density at radius 2 is 1.75 bits per heavy atom. The number of unbranched alkanes of at least 4 members (excludes halogenated alkanes) is 2. The van der Waals surface area contributed by atoms with E-state index in [1.807, 2.05) is 0 Å². The van der Waals surface area contributed by atoms with Crippen LogP contribution < -0.4 is 16.4 Å². The van der Waals surface area contributed by atoms with E-state index in [1.165, 1.54) is 0 Å². The largest absolute Gasteiger partial charge is 0.330 e. The molecule has 20 heavy (non-hydrogen) atoms. The highest BCUT2D eigenvalue weighted by molar-refractivity contribution is 5.91. The van der Waals surface area contributed by atoms with Crippen LogP contribution >= 0.6 is 0 Å². The summed E-state index contributed by atoms with van der Waals surface area (Å²) >= 11 is 0. The van der Waals surface area contributed by atoms with E-state index in [1.54, 1.807) is 25.1 Å². The van der Waals surface area contributed by atoms with E-state index >= 15 is 0 Å². The summed E-state index contributed by atoms with van der Waals surface area (Å²) in [6, 6.07) is 5.12. The van der Waals surface area contributed by atoms with Crippen molar-refractivity contribution in [3.05, 3.63) is 18.2 Å². The smallest absolute Gasteiger partial charge is 0.225 e. The SMILES string of the molecule is CCC(=O)Nc1cccc(NC(=O)CCCCCN)n1. The molecule has 0 atom stereocenters. The molecule has 4 N–H and O–H groups in total. The summed E-state index contributed by atoms with van der Waals surface area (Å²) in [5.74, 6) is 0.705. The minimum Gasteiger partial charge on any atom is -0.330 e. The fourth-order valence-corrected chi connectivity index (χ4v) is 1.62. The van der Waals surface area contributed by atoms with E-state index in [9.17, 15) is 9.59 Å². The number of nitrogens with zero attached hydrogens (tertiary/aromatic N) is 1. The lowest BCUT2D eigenvalue weighted by atomic mass is 10.2. The first-order valence-electron chi connectivity index (χ1n) is 6.92. The predicted octanol–water partition coefficient (Wildman–Crippen LogP) is 1.89. The highest BCUT2D eigenvalue weighted by Crippen LogP contribution is 2.10. The number of carbonyl (C=O) groups excluding carboxylic acids is 2. The van der Waals surface area contributed by atoms with Crippen molar-refractivity contribution in [2.75, 3.05) is 17.2 Å². The summed E-state index contributed by atoms with van der Waals surface area (Å²) in [7, 11) is 0. The van der Waals surface area contributed by atoms with Crippen molar-refractivity contribution in [2.24, 2.45) is 5.73 Å². The minimum absolute atomic E-state index is 0.0755. The van der Waals surface area contributed by atoms with Gasteiger partial charge in [-0.1, -0.05) is 19.4 Å². The summed E-state index contributed by atoms with van der Waals surface area (Å²) in [4.78, 5) is 27.1. The number of anilines is 2. The molecule has 0 saturated heterocycles. The van der Waals surface area contributed by atoms with Crippen LogP contribution in [0.5, 0.6) is 0 Å². The molecule has 0 fully saturated rings. The molecule has 0 unspecified atom stereocenters. The number of amides is 2. The van der Waals surface area contributed by atoms with Gasteiger partial charge in [-0.2, -0.15) is 0 Å². The lowest BCUT2D eigenvalue weighted by Gasteiger charge is -2.07. The first kappa shape index (κ1) is 16.1. The summed E-state index contributed by atoms with van der Waals surface area (Å²) in [6.07, 6.45) is 3.54. The lowest BCUT2D eigenvalue weighted by Crippen LogP contribution is -2.14. The topological polar surface area (TPSA) is 97.1 Å². The third-order valence-electron chi connectivity index (χ3n) is 2.71. The minimum atomic E-state index is -0.109. The number of nitrogens with two attached hydrogens (primary N) is 1. The zero-order valence-electron chi connectivity index (χ0n) is 11.8. The maximum atomic E-state index is 11.7. The van der Waals surface area contributed by atoms with E-state index in [0.717, 1.165) is 19.3 Å². The molecule has 110 valence electrons. The van der Waals surface area contributed by atoms with Crippen LogP contribution in [0.4, 0.5) is 11.6 Å². The fraction of sp³-hybridized carbons (Fsp3) is 0.500. The van der Waals surface area contributed by atoms with Gasteiger partial charge in [0.15, 0.2) is 0 Å². The Balaban J connectivity index is 2.45. The van der Waals surface area contributed by atoms with Crippen LogP contribution in [0.15, 0.2) is 18.2 Å². The van der Waals surface area contributed by atoms with Crippen LogP contribution in [0, 0.1) is 0 Å². The molecule has 0 aliphatic heterocycles. The summed E-state index contributed by atoms with van der Waals surface area (Å²) < 4.78 is 0. The van der Waals surface area contributed by atoms with Gasteiger partial charge in [0.2, 0.25) is 11.8 Å². The quantitative estimate of drug-likeness (QED) is 0.632. The fourth-order valence-electron chi connectivity index (χ4n) is 1.62. The van der Waals surface area contributed by atoms with Gasteiger partial charge in [0.05, 0.1) is 0 Å². The second-order valence-corrected chi connectivity index (χ2v) is 4.46. The van der Waals surface area contributed by atoms with Crippen LogP contribution in [0.3, 0.4) is 0 Å². The van der Waals surface area contributed by atoms with Crippen molar-refractivity contribution in [1.82, 2.24) is 4.98 Å². The second-order valence-electron chi connectivity index (χ2n) is 4.46. The molecular formula is C14H22N4O2. The molecule has 2 amide bonds. The Labute approximate surface area is 119 Å². The van der Waals surface area contributed by atoms with Crippen molar-refractivity contribution in [3.63, 3.8) is 0 Å². The molecular weight excluding hydrogens is 256 g/mol. The molecule has 0 saturated carbocycles. The molecule has 6 nitrogen and oxygen atoms in total. The maximum Gasteiger partial charge on any atom is 0.225 e. The average Bonchev–Trinajstić information content (AvgIpc) is 2.44. The van der Waals surface area contributed by atoms with Crippen molar-refractivity contribution in [3.8, 4) is 0 Å². The third-order valence-corrected chi connectivity index (χ3v) is 2.71. The van der Waals surface area contributed by atoms with Gasteiger partial charge in [-0.05, 0) is 31.5 Å². The van der Waals surface area contributed by atoms with Gasteiger partial charge >= 0.3 is 0 Å². The number of carbonyl (C=O) groups is 2. The van der Waals surface area contributed by atoms with Crippen LogP contribution in [0.1, 0.15) is 39.0 Å². The Morgan fingerprint density at radius 3 is 2.35 bits per heavy atom. The summed E-state index contributed by atoms with van der Waals surface area (Å²) in [5.41, 5.74) is 5.39. The molecule has 1 aromatic rings. The Kier molecular flexibility index (Phi) is 7.27. The first-order chi connectivity index (χ1) is 9.65. The highest BCUT2D eigenvalue weighted by atomic mass is 16.2. The van der Waals surface area contributed by atoms with E-state index < -0.39 is 0 Å². The zero-order chi connectivity index (χ0) is 14.8. The molecule has 0 bridgehead atoms. The second kappa shape index (κ2) is 9.03. The maximum absolute atomic E-state index is 11.7. The molecule has 1 rings (SSSR count). The van der Waals surface area contributed by atoms with Gasteiger partial charge in [-0.3, -0.25) is 9.59 Å². The highest BCUT2D eigenvalue weighted by Gasteiger charge is 2.05. The molecule has 6 heteroatoms. The standard InChI is InChI=1S/C14H22N4O2/c1-2-13(19)17-11-7-6-8-12(16-11)18-14(20)9-4-3-5-10-15/h6-8H,2-5,9-10,15H2,1H3,(H2,16,17,18,19,20). The van der Waals surface area contributed by atoms with Crippen LogP contribution in [0.25, 0.3) is 0 Å². The van der Waals surface area contributed by atoms with E-state index in [-0.39, 0.29) is 11.8 Å². The van der Waals surface area contributed by atoms with Gasteiger partial charge < -0.3 is 16.4 Å². The molecule has 0 spiro atoms. The molecule has 0 radical (unpaired) electrons. The monoisotopic (exact) mass is 278 g/mol. The number of hydrogen-bond donors (Lipinski definition) is 3. The van der Waals surface area contributed by atoms with Gasteiger partial charge in [0.1, 0.15) is 11.6 Å². The Hall–Kier alpha value is -1.95. The van der Waals surface area contributed by atoms with Crippen molar-refractivity contribution < 1.29 is 9.59 Å². The molecule has 0 aliphatic carbocycles. The Bertz CT molecular complexity index is 449. The number of hydrogen-bond acceptors (Lipinski definition) is 4. The molecule has 0 aromatic carbocycles. The van der Waals surface area contributed by atoms with Crippen molar-refractivity contribution in [2.45, 2.75) is 39.0 Å². The number of nitrogens with one attached hydrogen (secondary N) is 2. The van der Waals surface area contributed by atoms with Crippen LogP contribution in [-0.4, -0.2) is 23.3 Å². The number of pyridine rings is 1. The van der Waals surface area contributed by atoms with Gasteiger partial charge in [0.25, 0.3) is 0 Å². The normalized spacial score (nSPS) is 10.1. The number of aromatic nitrogens is 1. The molecule has 1 heterocycles. The number of rotatable bonds is 8. The molecule has 1 aromatic heterocycles.